The average molecular weight is 426 g/mol. The molecule has 2 heterocycles. The highest BCUT2D eigenvalue weighted by atomic mass is 16.5. The molecule has 9 nitrogen and oxygen atoms in total. The summed E-state index contributed by atoms with van der Waals surface area (Å²) in [4.78, 5) is 20.9. The first-order valence-electron chi connectivity index (χ1n) is 9.54. The summed E-state index contributed by atoms with van der Waals surface area (Å²) in [5.41, 5.74) is 7.48. The van der Waals surface area contributed by atoms with Crippen LogP contribution in [0, 0.1) is 22.7 Å². The molecule has 32 heavy (non-hydrogen) atoms. The molecule has 4 aromatic rings. The maximum atomic E-state index is 13.3. The molecule has 0 aliphatic heterocycles. The summed E-state index contributed by atoms with van der Waals surface area (Å²) < 4.78 is 11.8. The van der Waals surface area contributed by atoms with Crippen molar-refractivity contribution in [3.63, 3.8) is 0 Å². The fourth-order valence-corrected chi connectivity index (χ4v) is 3.62. The first-order valence-corrected chi connectivity index (χ1v) is 9.54. The van der Waals surface area contributed by atoms with Crippen LogP contribution in [-0.4, -0.2) is 28.8 Å². The monoisotopic (exact) mass is 426 g/mol. The van der Waals surface area contributed by atoms with Crippen molar-refractivity contribution in [1.29, 1.82) is 10.5 Å². The normalized spacial score (nSPS) is 10.5. The molecule has 0 aliphatic rings. The number of nitrogens with one attached hydrogen (secondary N) is 1. The second-order valence-corrected chi connectivity index (χ2v) is 6.89. The summed E-state index contributed by atoms with van der Waals surface area (Å²) in [5.74, 6) is 1.27. The topological polar surface area (TPSA) is 143 Å². The van der Waals surface area contributed by atoms with Gasteiger partial charge in [0.2, 0.25) is 0 Å². The average Bonchev–Trinajstić information content (AvgIpc) is 3.23. The maximum Gasteiger partial charge on any atom is 0.271 e. The zero-order chi connectivity index (χ0) is 22.8. The molecular weight excluding hydrogens is 408 g/mol. The van der Waals surface area contributed by atoms with Crippen LogP contribution in [-0.2, 0) is 6.54 Å². The predicted octanol–water partition coefficient (Wildman–Crippen LogP) is 2.78. The molecular formula is C23H18N6O3. The molecule has 0 aliphatic carbocycles. The number of H-pyrrole nitrogens is 1. The van der Waals surface area contributed by atoms with E-state index in [4.69, 9.17) is 15.2 Å². The van der Waals surface area contributed by atoms with E-state index in [-0.39, 0.29) is 29.1 Å². The lowest BCUT2D eigenvalue weighted by Crippen LogP contribution is -2.28. The van der Waals surface area contributed by atoms with Crippen LogP contribution in [0.3, 0.4) is 0 Å². The van der Waals surface area contributed by atoms with Crippen LogP contribution in [0.4, 0.5) is 5.82 Å². The Labute approximate surface area is 182 Å². The number of anilines is 1. The number of nitriles is 2. The number of nitrogens with two attached hydrogens (primary N) is 1. The van der Waals surface area contributed by atoms with Gasteiger partial charge in [0.15, 0.2) is 0 Å². The zero-order valence-corrected chi connectivity index (χ0v) is 17.3. The summed E-state index contributed by atoms with van der Waals surface area (Å²) >= 11 is 0. The fourth-order valence-electron chi connectivity index (χ4n) is 3.62. The molecule has 0 unspecified atom stereocenters. The second kappa shape index (κ2) is 8.17. The minimum Gasteiger partial charge on any atom is -0.497 e. The number of benzene rings is 2. The van der Waals surface area contributed by atoms with Crippen molar-refractivity contribution >= 4 is 16.9 Å². The Morgan fingerprint density at radius 3 is 2.50 bits per heavy atom. The van der Waals surface area contributed by atoms with E-state index in [9.17, 15) is 15.3 Å². The molecule has 0 spiro atoms. The smallest absolute Gasteiger partial charge is 0.271 e. The minimum atomic E-state index is -0.627. The number of para-hydroxylation sites is 2. The highest BCUT2D eigenvalue weighted by Gasteiger charge is 2.24. The first-order chi connectivity index (χ1) is 15.5. The number of ether oxygens (including phenoxy) is 2. The highest BCUT2D eigenvalue weighted by molar-refractivity contribution is 5.84. The van der Waals surface area contributed by atoms with E-state index < -0.39 is 5.56 Å². The molecule has 0 radical (unpaired) electrons. The summed E-state index contributed by atoms with van der Waals surface area (Å²) in [6.45, 7) is -0.0251. The number of aromatic amines is 1. The van der Waals surface area contributed by atoms with Crippen LogP contribution in [0.15, 0.2) is 47.3 Å². The third kappa shape index (κ3) is 3.28. The van der Waals surface area contributed by atoms with Crippen molar-refractivity contribution in [2.24, 2.45) is 0 Å². The Bertz CT molecular complexity index is 1450. The molecule has 3 N–H and O–H groups in total. The Balaban J connectivity index is 1.94. The number of aromatic nitrogens is 3. The lowest BCUT2D eigenvalue weighted by molar-refractivity contribution is 0.395. The van der Waals surface area contributed by atoms with Crippen LogP contribution >= 0.6 is 0 Å². The summed E-state index contributed by atoms with van der Waals surface area (Å²) in [5, 5.41) is 19.7. The van der Waals surface area contributed by atoms with E-state index in [1.165, 1.54) is 18.8 Å². The number of hydrogen-bond acceptors (Lipinski definition) is 7. The van der Waals surface area contributed by atoms with E-state index >= 15 is 0 Å². The van der Waals surface area contributed by atoms with Crippen molar-refractivity contribution in [2.75, 3.05) is 20.0 Å². The van der Waals surface area contributed by atoms with Crippen molar-refractivity contribution in [2.45, 2.75) is 6.54 Å². The Kier molecular flexibility index (Phi) is 5.24. The second-order valence-electron chi connectivity index (χ2n) is 6.89. The third-order valence-corrected chi connectivity index (χ3v) is 5.15. The van der Waals surface area contributed by atoms with E-state index in [1.54, 1.807) is 18.2 Å². The zero-order valence-electron chi connectivity index (χ0n) is 17.3. The molecule has 0 bridgehead atoms. The van der Waals surface area contributed by atoms with Gasteiger partial charge in [0.05, 0.1) is 31.8 Å². The van der Waals surface area contributed by atoms with E-state index in [0.29, 0.717) is 22.9 Å². The van der Waals surface area contributed by atoms with Crippen LogP contribution in [0.5, 0.6) is 11.5 Å². The molecule has 2 aromatic heterocycles. The van der Waals surface area contributed by atoms with Crippen molar-refractivity contribution < 1.29 is 9.47 Å². The van der Waals surface area contributed by atoms with Gasteiger partial charge in [0.1, 0.15) is 46.4 Å². The number of nitrogen functional groups attached to an aromatic ring is 1. The number of hydrogen-bond donors (Lipinski definition) is 2. The number of methoxy groups -OCH3 is 2. The largest absolute Gasteiger partial charge is 0.497 e. The number of pyridine rings is 1. The molecule has 0 fully saturated rings. The highest BCUT2D eigenvalue weighted by Crippen LogP contribution is 2.37. The van der Waals surface area contributed by atoms with Gasteiger partial charge in [-0.05, 0) is 24.3 Å². The molecule has 158 valence electrons. The molecule has 0 saturated heterocycles. The Hall–Kier alpha value is -4.76. The van der Waals surface area contributed by atoms with Gasteiger partial charge in [0, 0.05) is 17.2 Å². The van der Waals surface area contributed by atoms with Crippen molar-refractivity contribution in [1.82, 2.24) is 14.5 Å². The van der Waals surface area contributed by atoms with Gasteiger partial charge in [-0.3, -0.25) is 9.36 Å². The van der Waals surface area contributed by atoms with Gasteiger partial charge in [-0.15, -0.1) is 0 Å². The molecule has 4 rings (SSSR count). The molecule has 0 saturated carbocycles. The van der Waals surface area contributed by atoms with Gasteiger partial charge in [-0.1, -0.05) is 12.1 Å². The molecule has 2 aromatic carbocycles. The van der Waals surface area contributed by atoms with Crippen LogP contribution in [0.25, 0.3) is 22.2 Å². The number of rotatable bonds is 5. The fraction of sp³-hybridized carbons (Fsp3) is 0.130. The Morgan fingerprint density at radius 2 is 1.84 bits per heavy atom. The standard InChI is InChI=1S/C23H18N6O3/c1-31-13-7-8-14(19(9-13)32-2)21-15(10-24)22(26)29(23(30)16(21)11-25)12-20-27-17-5-3-4-6-18(17)28-20/h3-9H,12,26H2,1-2H3,(H,27,28). The summed E-state index contributed by atoms with van der Waals surface area (Å²) in [7, 11) is 2.95. The van der Waals surface area contributed by atoms with Crippen LogP contribution < -0.4 is 20.8 Å². The maximum absolute atomic E-state index is 13.3. The number of imidazole rings is 1. The van der Waals surface area contributed by atoms with Gasteiger partial charge in [-0.25, -0.2) is 4.98 Å². The lowest BCUT2D eigenvalue weighted by Gasteiger charge is -2.17. The van der Waals surface area contributed by atoms with E-state index in [0.717, 1.165) is 11.0 Å². The lowest BCUT2D eigenvalue weighted by atomic mass is 9.95. The van der Waals surface area contributed by atoms with E-state index in [2.05, 4.69) is 9.97 Å². The quantitative estimate of drug-likeness (QED) is 0.499. The van der Waals surface area contributed by atoms with Gasteiger partial charge in [-0.2, -0.15) is 10.5 Å². The van der Waals surface area contributed by atoms with Gasteiger partial charge >= 0.3 is 0 Å². The van der Waals surface area contributed by atoms with Crippen LogP contribution in [0.1, 0.15) is 17.0 Å². The minimum absolute atomic E-state index is 0.000674. The number of fused-ring (bicyclic) bond motifs is 1. The summed E-state index contributed by atoms with van der Waals surface area (Å²) in [6, 6.07) is 16.3. The first kappa shape index (κ1) is 20.5. The molecule has 0 amide bonds. The number of nitrogens with zero attached hydrogens (tertiary/aromatic N) is 4. The third-order valence-electron chi connectivity index (χ3n) is 5.15. The molecule has 0 atom stereocenters. The molecule has 9 heteroatoms. The van der Waals surface area contributed by atoms with Crippen molar-refractivity contribution in [3.05, 3.63) is 69.8 Å². The van der Waals surface area contributed by atoms with E-state index in [1.807, 2.05) is 36.4 Å². The Morgan fingerprint density at radius 1 is 1.09 bits per heavy atom. The van der Waals surface area contributed by atoms with Crippen molar-refractivity contribution in [3.8, 4) is 34.8 Å². The van der Waals surface area contributed by atoms with Crippen LogP contribution in [0.2, 0.25) is 0 Å². The SMILES string of the molecule is COc1ccc(-c2c(C#N)c(N)n(Cc3nc4ccccc4[nH]3)c(=O)c2C#N)c(OC)c1. The predicted molar refractivity (Wildman–Crippen MR) is 118 cm³/mol. The summed E-state index contributed by atoms with van der Waals surface area (Å²) in [6.07, 6.45) is 0. The van der Waals surface area contributed by atoms with Gasteiger partial charge < -0.3 is 20.2 Å². The van der Waals surface area contributed by atoms with Gasteiger partial charge in [0.25, 0.3) is 5.56 Å².